The molecule has 0 saturated carbocycles. The van der Waals surface area contributed by atoms with E-state index in [0.717, 1.165) is 29.7 Å². The van der Waals surface area contributed by atoms with Crippen molar-refractivity contribution in [2.45, 2.75) is 12.8 Å². The molecule has 3 nitrogen and oxygen atoms in total. The highest BCUT2D eigenvalue weighted by atomic mass is 35.5. The highest BCUT2D eigenvalue weighted by Gasteiger charge is 2.04. The molecule has 0 unspecified atom stereocenters. The first-order chi connectivity index (χ1) is 8.31. The molecule has 0 aliphatic carbocycles. The Balaban J connectivity index is 2.30. The Labute approximate surface area is 106 Å². The summed E-state index contributed by atoms with van der Waals surface area (Å²) in [6, 6.07) is 5.91. The van der Waals surface area contributed by atoms with Gasteiger partial charge in [0.1, 0.15) is 0 Å². The van der Waals surface area contributed by atoms with Crippen molar-refractivity contribution in [1.29, 1.82) is 0 Å². The predicted molar refractivity (Wildman–Crippen MR) is 69.9 cm³/mol. The molecule has 17 heavy (non-hydrogen) atoms. The smallest absolute Gasteiger partial charge is 0.0667 e. The second kappa shape index (κ2) is 5.75. The zero-order valence-electron chi connectivity index (χ0n) is 9.44. The summed E-state index contributed by atoms with van der Waals surface area (Å²) in [7, 11) is 0. The van der Waals surface area contributed by atoms with Crippen molar-refractivity contribution >= 4 is 11.6 Å². The van der Waals surface area contributed by atoms with Gasteiger partial charge in [0.2, 0.25) is 0 Å². The molecule has 0 saturated heterocycles. The molecule has 2 N–H and O–H groups in total. The lowest BCUT2D eigenvalue weighted by Crippen LogP contribution is -2.01. The van der Waals surface area contributed by atoms with Crippen molar-refractivity contribution in [1.82, 2.24) is 9.97 Å². The zero-order valence-corrected chi connectivity index (χ0v) is 10.2. The van der Waals surface area contributed by atoms with E-state index in [2.05, 4.69) is 16.0 Å². The summed E-state index contributed by atoms with van der Waals surface area (Å²) in [5, 5.41) is 0.656. The lowest BCUT2D eigenvalue weighted by atomic mass is 10.1. The van der Waals surface area contributed by atoms with Crippen LogP contribution in [0.4, 0.5) is 0 Å². The first kappa shape index (κ1) is 12.0. The summed E-state index contributed by atoms with van der Waals surface area (Å²) < 4.78 is 0. The maximum atomic E-state index is 6.11. The van der Waals surface area contributed by atoms with Gasteiger partial charge in [-0.15, -0.1) is 0 Å². The van der Waals surface area contributed by atoms with Gasteiger partial charge in [-0.25, -0.2) is 0 Å². The number of nitrogens with two attached hydrogens (primary N) is 1. The van der Waals surface area contributed by atoms with Crippen LogP contribution in [0.15, 0.2) is 36.8 Å². The maximum absolute atomic E-state index is 6.11. The first-order valence-corrected chi connectivity index (χ1v) is 5.94. The molecule has 2 rings (SSSR count). The van der Waals surface area contributed by atoms with Crippen molar-refractivity contribution in [3.63, 3.8) is 0 Å². The Morgan fingerprint density at radius 2 is 2.12 bits per heavy atom. The summed E-state index contributed by atoms with van der Waals surface area (Å²) in [4.78, 5) is 8.30. The number of pyridine rings is 2. The van der Waals surface area contributed by atoms with Crippen molar-refractivity contribution in [3.8, 4) is 11.1 Å². The van der Waals surface area contributed by atoms with Crippen LogP contribution in [0.5, 0.6) is 0 Å². The SMILES string of the molecule is NCCCc1cc(-c2ccncc2Cl)ccn1. The Hall–Kier alpha value is -1.45. The minimum atomic E-state index is 0.656. The van der Waals surface area contributed by atoms with Crippen LogP contribution in [0, 0.1) is 0 Å². The molecule has 88 valence electrons. The van der Waals surface area contributed by atoms with Crippen LogP contribution in [0.1, 0.15) is 12.1 Å². The fraction of sp³-hybridized carbons (Fsp3) is 0.231. The number of nitrogens with zero attached hydrogens (tertiary/aromatic N) is 2. The van der Waals surface area contributed by atoms with Crippen LogP contribution in [0.2, 0.25) is 5.02 Å². The number of aromatic nitrogens is 2. The molecule has 0 aliphatic heterocycles. The average molecular weight is 248 g/mol. The molecule has 2 heterocycles. The second-order valence-corrected chi connectivity index (χ2v) is 4.19. The lowest BCUT2D eigenvalue weighted by molar-refractivity contribution is 0.811. The van der Waals surface area contributed by atoms with Gasteiger partial charge in [0.25, 0.3) is 0 Å². The van der Waals surface area contributed by atoms with E-state index in [1.165, 1.54) is 0 Å². The van der Waals surface area contributed by atoms with Gasteiger partial charge in [-0.1, -0.05) is 11.6 Å². The minimum absolute atomic E-state index is 0.656. The Morgan fingerprint density at radius 3 is 2.88 bits per heavy atom. The summed E-state index contributed by atoms with van der Waals surface area (Å²) in [5.41, 5.74) is 8.59. The molecular weight excluding hydrogens is 234 g/mol. The van der Waals surface area contributed by atoms with Crippen LogP contribution in [-0.2, 0) is 6.42 Å². The van der Waals surface area contributed by atoms with Crippen LogP contribution in [0.3, 0.4) is 0 Å². The predicted octanol–water partition coefficient (Wildman–Crippen LogP) is 2.69. The van der Waals surface area contributed by atoms with E-state index < -0.39 is 0 Å². The van der Waals surface area contributed by atoms with Crippen molar-refractivity contribution in [3.05, 3.63) is 47.5 Å². The molecule has 2 aromatic heterocycles. The fourth-order valence-electron chi connectivity index (χ4n) is 1.67. The van der Waals surface area contributed by atoms with Crippen molar-refractivity contribution < 1.29 is 0 Å². The van der Waals surface area contributed by atoms with Crippen LogP contribution >= 0.6 is 11.6 Å². The van der Waals surface area contributed by atoms with E-state index in [0.29, 0.717) is 11.6 Å². The van der Waals surface area contributed by atoms with Crippen LogP contribution in [-0.4, -0.2) is 16.5 Å². The quantitative estimate of drug-likeness (QED) is 0.904. The third-order valence-electron chi connectivity index (χ3n) is 2.54. The molecule has 0 aromatic carbocycles. The Morgan fingerprint density at radius 1 is 1.24 bits per heavy atom. The van der Waals surface area contributed by atoms with Crippen molar-refractivity contribution in [2.24, 2.45) is 5.73 Å². The molecule has 4 heteroatoms. The average Bonchev–Trinajstić information content (AvgIpc) is 2.37. The second-order valence-electron chi connectivity index (χ2n) is 3.78. The summed E-state index contributed by atoms with van der Waals surface area (Å²) in [6.45, 7) is 0.682. The Kier molecular flexibility index (Phi) is 4.07. The van der Waals surface area contributed by atoms with Crippen LogP contribution in [0.25, 0.3) is 11.1 Å². The van der Waals surface area contributed by atoms with E-state index in [-0.39, 0.29) is 0 Å². The van der Waals surface area contributed by atoms with E-state index in [1.54, 1.807) is 18.6 Å². The Bertz CT molecular complexity index is 500. The molecule has 0 radical (unpaired) electrons. The highest BCUT2D eigenvalue weighted by Crippen LogP contribution is 2.26. The molecule has 0 spiro atoms. The van der Waals surface area contributed by atoms with Gasteiger partial charge in [0.05, 0.1) is 5.02 Å². The molecule has 2 aromatic rings. The fourth-order valence-corrected chi connectivity index (χ4v) is 1.90. The first-order valence-electron chi connectivity index (χ1n) is 5.56. The molecule has 0 amide bonds. The largest absolute Gasteiger partial charge is 0.330 e. The normalized spacial score (nSPS) is 10.5. The maximum Gasteiger partial charge on any atom is 0.0667 e. The van der Waals surface area contributed by atoms with E-state index in [1.807, 2.05) is 12.1 Å². The van der Waals surface area contributed by atoms with E-state index in [9.17, 15) is 0 Å². The van der Waals surface area contributed by atoms with E-state index >= 15 is 0 Å². The summed E-state index contributed by atoms with van der Waals surface area (Å²) in [5.74, 6) is 0. The number of aryl methyl sites for hydroxylation is 1. The van der Waals surface area contributed by atoms with Gasteiger partial charge in [-0.2, -0.15) is 0 Å². The summed E-state index contributed by atoms with van der Waals surface area (Å²) >= 11 is 6.11. The van der Waals surface area contributed by atoms with E-state index in [4.69, 9.17) is 17.3 Å². The number of halogens is 1. The third kappa shape index (κ3) is 3.02. The van der Waals surface area contributed by atoms with Gasteiger partial charge in [-0.3, -0.25) is 9.97 Å². The zero-order chi connectivity index (χ0) is 12.1. The molecule has 0 fully saturated rings. The lowest BCUT2D eigenvalue weighted by Gasteiger charge is -2.05. The molecule has 0 atom stereocenters. The third-order valence-corrected chi connectivity index (χ3v) is 2.84. The van der Waals surface area contributed by atoms with Gasteiger partial charge in [0, 0.05) is 29.8 Å². The molecular formula is C13H14ClN3. The number of rotatable bonds is 4. The number of hydrogen-bond acceptors (Lipinski definition) is 3. The van der Waals surface area contributed by atoms with Gasteiger partial charge in [0.15, 0.2) is 0 Å². The monoisotopic (exact) mass is 247 g/mol. The summed E-state index contributed by atoms with van der Waals surface area (Å²) in [6.07, 6.45) is 7.03. The van der Waals surface area contributed by atoms with Crippen molar-refractivity contribution in [2.75, 3.05) is 6.54 Å². The molecule has 0 bridgehead atoms. The minimum Gasteiger partial charge on any atom is -0.330 e. The van der Waals surface area contributed by atoms with Gasteiger partial charge in [-0.05, 0) is 43.1 Å². The van der Waals surface area contributed by atoms with Gasteiger partial charge >= 0.3 is 0 Å². The molecule has 0 aliphatic rings. The van der Waals surface area contributed by atoms with Crippen LogP contribution < -0.4 is 5.73 Å². The van der Waals surface area contributed by atoms with Gasteiger partial charge < -0.3 is 5.73 Å². The number of hydrogen-bond donors (Lipinski definition) is 1. The standard InChI is InChI=1S/C13H14ClN3/c14-13-9-16-6-4-12(13)10-3-7-17-11(8-10)2-1-5-15/h3-4,6-9H,1-2,5,15H2. The highest BCUT2D eigenvalue weighted by molar-refractivity contribution is 6.33. The topological polar surface area (TPSA) is 51.8 Å².